The second kappa shape index (κ2) is 10.2. The molecule has 0 radical (unpaired) electrons. The van der Waals surface area contributed by atoms with Gasteiger partial charge >= 0.3 is 5.97 Å². The number of guanidine groups is 1. The van der Waals surface area contributed by atoms with Crippen LogP contribution < -0.4 is 5.32 Å². The predicted octanol–water partition coefficient (Wildman–Crippen LogP) is 3.13. The molecule has 1 unspecified atom stereocenters. The van der Waals surface area contributed by atoms with Crippen LogP contribution in [0.3, 0.4) is 0 Å². The number of esters is 1. The van der Waals surface area contributed by atoms with Gasteiger partial charge in [-0.2, -0.15) is 4.98 Å². The average Bonchev–Trinajstić information content (AvgIpc) is 3.21. The summed E-state index contributed by atoms with van der Waals surface area (Å²) in [6.07, 6.45) is 1.75. The maximum atomic E-state index is 12.1. The number of hydrogen-bond acceptors (Lipinski definition) is 6. The summed E-state index contributed by atoms with van der Waals surface area (Å²) < 4.78 is 10.5. The van der Waals surface area contributed by atoms with Crippen molar-refractivity contribution in [3.8, 4) is 11.4 Å². The summed E-state index contributed by atoms with van der Waals surface area (Å²) in [4.78, 5) is 23.2. The highest BCUT2D eigenvalue weighted by molar-refractivity contribution is 6.30. The van der Waals surface area contributed by atoms with Crippen LogP contribution in [0.2, 0.25) is 5.02 Å². The molecular formula is C20H26ClN5O3. The molecule has 1 aromatic heterocycles. The first-order chi connectivity index (χ1) is 14.1. The minimum Gasteiger partial charge on any atom is -0.466 e. The predicted molar refractivity (Wildman–Crippen MR) is 110 cm³/mol. The number of piperidine rings is 1. The normalized spacial score (nSPS) is 17.3. The fourth-order valence-electron chi connectivity index (χ4n) is 3.23. The molecule has 1 atom stereocenters. The summed E-state index contributed by atoms with van der Waals surface area (Å²) in [5, 5.41) is 7.95. The summed E-state index contributed by atoms with van der Waals surface area (Å²) in [7, 11) is 0. The number of aliphatic imine (C=N–C) groups is 1. The van der Waals surface area contributed by atoms with Crippen molar-refractivity contribution >= 4 is 23.5 Å². The van der Waals surface area contributed by atoms with E-state index in [4.69, 9.17) is 20.9 Å². The first kappa shape index (κ1) is 21.1. The molecule has 0 saturated carbocycles. The van der Waals surface area contributed by atoms with Crippen molar-refractivity contribution < 1.29 is 14.1 Å². The van der Waals surface area contributed by atoms with Crippen LogP contribution >= 0.6 is 11.6 Å². The highest BCUT2D eigenvalue weighted by atomic mass is 35.5. The van der Waals surface area contributed by atoms with E-state index in [1.54, 1.807) is 12.1 Å². The van der Waals surface area contributed by atoms with Crippen molar-refractivity contribution in [3.63, 3.8) is 0 Å². The Kier molecular flexibility index (Phi) is 7.46. The molecule has 29 heavy (non-hydrogen) atoms. The molecule has 1 N–H and O–H groups in total. The van der Waals surface area contributed by atoms with E-state index in [0.717, 1.165) is 37.5 Å². The molecule has 1 aromatic carbocycles. The Hall–Kier alpha value is -2.61. The lowest BCUT2D eigenvalue weighted by molar-refractivity contribution is -0.149. The van der Waals surface area contributed by atoms with Gasteiger partial charge in [-0.05, 0) is 51.0 Å². The van der Waals surface area contributed by atoms with Crippen LogP contribution in [-0.2, 0) is 16.1 Å². The summed E-state index contributed by atoms with van der Waals surface area (Å²) in [6.45, 7) is 6.63. The Balaban J connectivity index is 1.67. The third kappa shape index (κ3) is 5.69. The van der Waals surface area contributed by atoms with Gasteiger partial charge in [-0.3, -0.25) is 4.79 Å². The Morgan fingerprint density at radius 1 is 1.38 bits per heavy atom. The smallest absolute Gasteiger partial charge is 0.310 e. The number of aromatic nitrogens is 2. The molecule has 2 aromatic rings. The van der Waals surface area contributed by atoms with E-state index in [1.165, 1.54) is 0 Å². The van der Waals surface area contributed by atoms with E-state index in [1.807, 2.05) is 26.0 Å². The molecule has 0 amide bonds. The molecule has 8 nitrogen and oxygen atoms in total. The zero-order valence-electron chi connectivity index (χ0n) is 16.7. The number of nitrogens with zero attached hydrogens (tertiary/aromatic N) is 4. The third-order valence-corrected chi connectivity index (χ3v) is 4.86. The van der Waals surface area contributed by atoms with Crippen molar-refractivity contribution in [1.82, 2.24) is 20.4 Å². The molecule has 1 aliphatic rings. The van der Waals surface area contributed by atoms with Crippen LogP contribution in [0.15, 0.2) is 33.8 Å². The number of carbonyl (C=O) groups is 1. The first-order valence-electron chi connectivity index (χ1n) is 9.89. The van der Waals surface area contributed by atoms with Crippen LogP contribution in [-0.4, -0.2) is 53.2 Å². The van der Waals surface area contributed by atoms with E-state index in [2.05, 4.69) is 25.3 Å². The van der Waals surface area contributed by atoms with Crippen LogP contribution in [0.25, 0.3) is 11.4 Å². The van der Waals surface area contributed by atoms with Gasteiger partial charge in [0.2, 0.25) is 11.7 Å². The maximum absolute atomic E-state index is 12.1. The van der Waals surface area contributed by atoms with E-state index < -0.39 is 0 Å². The van der Waals surface area contributed by atoms with Gasteiger partial charge in [-0.25, -0.2) is 4.99 Å². The summed E-state index contributed by atoms with van der Waals surface area (Å²) in [5.74, 6) is 1.37. The van der Waals surface area contributed by atoms with E-state index >= 15 is 0 Å². The Morgan fingerprint density at radius 2 is 2.17 bits per heavy atom. The molecule has 3 rings (SSSR count). The van der Waals surface area contributed by atoms with Gasteiger partial charge in [0.05, 0.1) is 12.5 Å². The molecule has 0 spiro atoms. The van der Waals surface area contributed by atoms with Crippen molar-refractivity contribution in [2.24, 2.45) is 10.9 Å². The standard InChI is InChI=1S/C20H26ClN5O3/c1-3-22-20(26-11-5-6-15(13-26)19(27)28-4-2)23-12-17-24-18(25-29-17)14-7-9-16(21)10-8-14/h7-10,15H,3-6,11-13H2,1-2H3,(H,22,23). The number of hydrogen-bond donors (Lipinski definition) is 1. The van der Waals surface area contributed by atoms with Gasteiger partial charge in [0.1, 0.15) is 6.54 Å². The maximum Gasteiger partial charge on any atom is 0.310 e. The van der Waals surface area contributed by atoms with Gasteiger partial charge in [-0.15, -0.1) is 0 Å². The van der Waals surface area contributed by atoms with Crippen LogP contribution in [0, 0.1) is 5.92 Å². The SMILES string of the molecule is CCNC(=NCc1nc(-c2ccc(Cl)cc2)no1)N1CCCC(C(=O)OCC)C1. The average molecular weight is 420 g/mol. The van der Waals surface area contributed by atoms with Gasteiger partial charge in [-0.1, -0.05) is 16.8 Å². The Labute approximate surface area is 175 Å². The second-order valence-corrected chi connectivity index (χ2v) is 7.16. The first-order valence-corrected chi connectivity index (χ1v) is 10.3. The number of halogens is 1. The van der Waals surface area contributed by atoms with Gasteiger partial charge < -0.3 is 19.5 Å². The molecule has 0 aliphatic carbocycles. The number of benzene rings is 1. The highest BCUT2D eigenvalue weighted by Gasteiger charge is 2.28. The Morgan fingerprint density at radius 3 is 2.90 bits per heavy atom. The van der Waals surface area contributed by atoms with E-state index in [0.29, 0.717) is 29.9 Å². The van der Waals surface area contributed by atoms with Crippen molar-refractivity contribution in [2.45, 2.75) is 33.2 Å². The van der Waals surface area contributed by atoms with Gasteiger partial charge in [0.15, 0.2) is 5.96 Å². The highest BCUT2D eigenvalue weighted by Crippen LogP contribution is 2.20. The molecule has 1 saturated heterocycles. The van der Waals surface area contributed by atoms with E-state index in [-0.39, 0.29) is 18.4 Å². The Bertz CT molecular complexity index is 837. The minimum absolute atomic E-state index is 0.132. The molecule has 1 aliphatic heterocycles. The van der Waals surface area contributed by atoms with Crippen molar-refractivity contribution in [1.29, 1.82) is 0 Å². The molecule has 9 heteroatoms. The number of likely N-dealkylation sites (tertiary alicyclic amines) is 1. The van der Waals surface area contributed by atoms with Gasteiger partial charge in [0.25, 0.3) is 0 Å². The summed E-state index contributed by atoms with van der Waals surface area (Å²) in [5.41, 5.74) is 0.827. The van der Waals surface area contributed by atoms with E-state index in [9.17, 15) is 4.79 Å². The second-order valence-electron chi connectivity index (χ2n) is 6.73. The lowest BCUT2D eigenvalue weighted by Crippen LogP contribution is -2.48. The van der Waals surface area contributed by atoms with Crippen molar-refractivity contribution in [2.75, 3.05) is 26.2 Å². The van der Waals surface area contributed by atoms with Crippen molar-refractivity contribution in [3.05, 3.63) is 35.2 Å². The monoisotopic (exact) mass is 419 g/mol. The van der Waals surface area contributed by atoms with Crippen LogP contribution in [0.1, 0.15) is 32.6 Å². The summed E-state index contributed by atoms with van der Waals surface area (Å²) >= 11 is 5.92. The number of nitrogens with one attached hydrogen (secondary N) is 1. The zero-order valence-corrected chi connectivity index (χ0v) is 17.5. The topological polar surface area (TPSA) is 92.9 Å². The quantitative estimate of drug-likeness (QED) is 0.436. The molecular weight excluding hydrogens is 394 g/mol. The largest absolute Gasteiger partial charge is 0.466 e. The number of carbonyl (C=O) groups excluding carboxylic acids is 1. The third-order valence-electron chi connectivity index (χ3n) is 4.61. The van der Waals surface area contributed by atoms with Crippen LogP contribution in [0.4, 0.5) is 0 Å². The van der Waals surface area contributed by atoms with Gasteiger partial charge in [0, 0.05) is 30.2 Å². The van der Waals surface area contributed by atoms with Crippen LogP contribution in [0.5, 0.6) is 0 Å². The molecule has 156 valence electrons. The number of ether oxygens (including phenoxy) is 1. The molecule has 2 heterocycles. The molecule has 1 fully saturated rings. The lowest BCUT2D eigenvalue weighted by Gasteiger charge is -2.33. The number of rotatable bonds is 6. The fraction of sp³-hybridized carbons (Fsp3) is 0.500. The minimum atomic E-state index is -0.141. The molecule has 0 bridgehead atoms. The fourth-order valence-corrected chi connectivity index (χ4v) is 3.35. The summed E-state index contributed by atoms with van der Waals surface area (Å²) in [6, 6.07) is 7.25. The zero-order chi connectivity index (χ0) is 20.6. The lowest BCUT2D eigenvalue weighted by atomic mass is 9.98.